The third-order valence-electron chi connectivity index (χ3n) is 4.97. The van der Waals surface area contributed by atoms with E-state index < -0.39 is 52.4 Å². The second kappa shape index (κ2) is 6.73. The van der Waals surface area contributed by atoms with Gasteiger partial charge in [0, 0.05) is 0 Å². The lowest BCUT2D eigenvalue weighted by atomic mass is 10.1. The van der Waals surface area contributed by atoms with Crippen LogP contribution in [0.3, 0.4) is 0 Å². The Hall–Kier alpha value is -1.07. The molecule has 0 amide bonds. The third-order valence-corrected chi connectivity index (χ3v) is 6.30. The van der Waals surface area contributed by atoms with Crippen LogP contribution in [0.4, 0.5) is 0 Å². The van der Waals surface area contributed by atoms with Crippen LogP contribution < -0.4 is 0 Å². The van der Waals surface area contributed by atoms with Crippen LogP contribution in [0, 0.1) is 6.92 Å². The molecule has 1 aromatic rings. The highest BCUT2D eigenvalue weighted by Crippen LogP contribution is 2.42. The molecule has 3 saturated heterocycles. The number of benzene rings is 1. The Labute approximate surface area is 165 Å². The number of rotatable bonds is 4. The summed E-state index contributed by atoms with van der Waals surface area (Å²) >= 11 is 0. The maximum absolute atomic E-state index is 12.9. The summed E-state index contributed by atoms with van der Waals surface area (Å²) < 4.78 is 60.5. The van der Waals surface area contributed by atoms with E-state index in [4.69, 9.17) is 27.9 Å². The van der Waals surface area contributed by atoms with Gasteiger partial charge in [-0.05, 0) is 46.8 Å². The summed E-state index contributed by atoms with van der Waals surface area (Å²) in [5.74, 6) is -1.69. The van der Waals surface area contributed by atoms with Crippen molar-refractivity contribution in [1.82, 2.24) is 0 Å². The summed E-state index contributed by atoms with van der Waals surface area (Å²) in [4.78, 5) is 0.0717. The van der Waals surface area contributed by atoms with Crippen molar-refractivity contribution in [3.8, 4) is 0 Å². The van der Waals surface area contributed by atoms with Gasteiger partial charge >= 0.3 is 0 Å². The van der Waals surface area contributed by atoms with Crippen LogP contribution in [-0.2, 0) is 38.0 Å². The van der Waals surface area contributed by atoms with E-state index in [1.54, 1.807) is 39.8 Å². The molecule has 5 atom stereocenters. The Bertz CT molecular complexity index is 832. The van der Waals surface area contributed by atoms with Gasteiger partial charge in [-0.1, -0.05) is 17.7 Å². The van der Waals surface area contributed by atoms with E-state index in [0.717, 1.165) is 5.56 Å². The topological polar surface area (TPSA) is 89.5 Å². The van der Waals surface area contributed by atoms with Gasteiger partial charge in [0.05, 0.1) is 11.5 Å². The summed E-state index contributed by atoms with van der Waals surface area (Å²) in [6, 6.07) is 6.47. The fraction of sp³-hybridized carbons (Fsp3) is 0.684. The van der Waals surface area contributed by atoms with Crippen molar-refractivity contribution in [2.45, 2.75) is 81.8 Å². The van der Waals surface area contributed by atoms with Crippen LogP contribution >= 0.6 is 0 Å². The quantitative estimate of drug-likeness (QED) is 0.692. The molecule has 9 heteroatoms. The largest absolute Gasteiger partial charge is 0.348 e. The first-order valence-corrected chi connectivity index (χ1v) is 10.7. The highest BCUT2D eigenvalue weighted by molar-refractivity contribution is 7.86. The predicted molar refractivity (Wildman–Crippen MR) is 96.8 cm³/mol. The maximum Gasteiger partial charge on any atom is 0.297 e. The first-order chi connectivity index (χ1) is 13.0. The van der Waals surface area contributed by atoms with Crippen LogP contribution in [0.2, 0.25) is 0 Å². The van der Waals surface area contributed by atoms with E-state index >= 15 is 0 Å². The zero-order valence-corrected chi connectivity index (χ0v) is 17.4. The molecule has 3 heterocycles. The van der Waals surface area contributed by atoms with Crippen molar-refractivity contribution >= 4 is 10.1 Å². The van der Waals surface area contributed by atoms with E-state index in [0.29, 0.717) is 0 Å². The molecule has 0 aromatic heterocycles. The van der Waals surface area contributed by atoms with E-state index in [1.165, 1.54) is 12.1 Å². The molecule has 0 bridgehead atoms. The van der Waals surface area contributed by atoms with E-state index in [9.17, 15) is 8.42 Å². The SMILES string of the molecule is Cc1ccc(S(=O)(=O)OC2[C@H](C3COC(C)(C)O3)O[C@H]3OC(C)(C)O[C@H]23)cc1. The number of fused-ring (bicyclic) bond motifs is 1. The van der Waals surface area contributed by atoms with Crippen LogP contribution in [0.25, 0.3) is 0 Å². The number of ether oxygens (including phenoxy) is 5. The van der Waals surface area contributed by atoms with Gasteiger partial charge < -0.3 is 23.7 Å². The Morgan fingerprint density at radius 2 is 1.64 bits per heavy atom. The molecule has 8 nitrogen and oxygen atoms in total. The molecule has 3 aliphatic heterocycles. The summed E-state index contributed by atoms with van der Waals surface area (Å²) in [5.41, 5.74) is 0.953. The van der Waals surface area contributed by atoms with Gasteiger partial charge in [0.25, 0.3) is 10.1 Å². The Kier molecular flexibility index (Phi) is 4.86. The smallest absolute Gasteiger partial charge is 0.297 e. The summed E-state index contributed by atoms with van der Waals surface area (Å²) in [5, 5.41) is 0. The zero-order chi connectivity index (χ0) is 20.3. The van der Waals surface area contributed by atoms with E-state index in [2.05, 4.69) is 0 Å². The molecule has 156 valence electrons. The van der Waals surface area contributed by atoms with Crippen molar-refractivity contribution < 1.29 is 36.3 Å². The molecular weight excluding hydrogens is 388 g/mol. The second-order valence-corrected chi connectivity index (χ2v) is 9.84. The Balaban J connectivity index is 1.61. The predicted octanol–water partition coefficient (Wildman–Crippen LogP) is 2.10. The average molecular weight is 414 g/mol. The normalized spacial score (nSPS) is 36.5. The summed E-state index contributed by atoms with van der Waals surface area (Å²) in [6.45, 7) is 9.20. The molecule has 0 saturated carbocycles. The average Bonchev–Trinajstić information content (AvgIpc) is 3.18. The van der Waals surface area contributed by atoms with Gasteiger partial charge in [-0.25, -0.2) is 0 Å². The van der Waals surface area contributed by atoms with Gasteiger partial charge in [0.1, 0.15) is 24.4 Å². The lowest BCUT2D eigenvalue weighted by Gasteiger charge is -2.28. The minimum atomic E-state index is -4.04. The fourth-order valence-electron chi connectivity index (χ4n) is 3.70. The standard InChI is InChI=1S/C19H26O8S/c1-11-6-8-12(9-7-11)28(20,21)27-15-14(13-10-22-18(2,3)24-13)23-17-16(15)25-19(4,5)26-17/h6-9,13-17H,10H2,1-5H3/t13?,14-,15?,16+,17-/m0/s1. The van der Waals surface area contributed by atoms with E-state index in [-0.39, 0.29) is 11.5 Å². The Morgan fingerprint density at radius 3 is 2.25 bits per heavy atom. The maximum atomic E-state index is 12.9. The molecule has 3 aliphatic rings. The highest BCUT2D eigenvalue weighted by Gasteiger charge is 2.60. The molecule has 0 spiro atoms. The van der Waals surface area contributed by atoms with Gasteiger partial charge in [0.2, 0.25) is 0 Å². The van der Waals surface area contributed by atoms with Crippen LogP contribution in [0.1, 0.15) is 33.3 Å². The summed E-state index contributed by atoms with van der Waals surface area (Å²) in [7, 11) is -4.04. The van der Waals surface area contributed by atoms with Crippen LogP contribution in [0.5, 0.6) is 0 Å². The minimum Gasteiger partial charge on any atom is -0.348 e. The molecular formula is C19H26O8S. The molecule has 2 unspecified atom stereocenters. The molecule has 0 aliphatic carbocycles. The number of hydrogen-bond donors (Lipinski definition) is 0. The molecule has 0 N–H and O–H groups in total. The molecule has 1 aromatic carbocycles. The molecule has 0 radical (unpaired) electrons. The fourth-order valence-corrected chi connectivity index (χ4v) is 4.79. The molecule has 4 rings (SSSR count). The van der Waals surface area contributed by atoms with Crippen molar-refractivity contribution in [3.63, 3.8) is 0 Å². The monoisotopic (exact) mass is 414 g/mol. The van der Waals surface area contributed by atoms with Gasteiger partial charge in [0.15, 0.2) is 17.9 Å². The zero-order valence-electron chi connectivity index (χ0n) is 16.6. The van der Waals surface area contributed by atoms with Gasteiger partial charge in [-0.15, -0.1) is 0 Å². The number of hydrogen-bond acceptors (Lipinski definition) is 8. The lowest BCUT2D eigenvalue weighted by Crippen LogP contribution is -2.45. The molecule has 28 heavy (non-hydrogen) atoms. The first-order valence-electron chi connectivity index (χ1n) is 9.29. The van der Waals surface area contributed by atoms with Crippen LogP contribution in [0.15, 0.2) is 29.2 Å². The minimum absolute atomic E-state index is 0.0717. The molecule has 3 fully saturated rings. The van der Waals surface area contributed by atoms with Gasteiger partial charge in [-0.3, -0.25) is 4.18 Å². The summed E-state index contributed by atoms with van der Waals surface area (Å²) in [6.07, 6.45) is -3.60. The second-order valence-electron chi connectivity index (χ2n) is 8.26. The number of aryl methyl sites for hydroxylation is 1. The Morgan fingerprint density at radius 1 is 0.964 bits per heavy atom. The first kappa shape index (κ1) is 20.2. The van der Waals surface area contributed by atoms with Crippen molar-refractivity contribution in [2.24, 2.45) is 0 Å². The highest BCUT2D eigenvalue weighted by atomic mass is 32.2. The third kappa shape index (κ3) is 3.85. The van der Waals surface area contributed by atoms with Crippen molar-refractivity contribution in [1.29, 1.82) is 0 Å². The van der Waals surface area contributed by atoms with Crippen molar-refractivity contribution in [3.05, 3.63) is 29.8 Å². The van der Waals surface area contributed by atoms with Crippen LogP contribution in [-0.4, -0.2) is 57.3 Å². The van der Waals surface area contributed by atoms with Gasteiger partial charge in [-0.2, -0.15) is 8.42 Å². The lowest BCUT2D eigenvalue weighted by molar-refractivity contribution is -0.230. The van der Waals surface area contributed by atoms with Crippen molar-refractivity contribution in [2.75, 3.05) is 6.61 Å². The van der Waals surface area contributed by atoms with E-state index in [1.807, 2.05) is 6.92 Å².